The van der Waals surface area contributed by atoms with Gasteiger partial charge in [-0.1, -0.05) is 51.9 Å². The number of carbonyl (C=O) groups excluding carboxylic acids is 1. The number of amides is 1. The molecule has 0 fully saturated rings. The number of nitrogens with zero attached hydrogens (tertiary/aromatic N) is 1. The first-order chi connectivity index (χ1) is 12.9. The predicted octanol–water partition coefficient (Wildman–Crippen LogP) is -0.226. The van der Waals surface area contributed by atoms with Gasteiger partial charge in [0, 0.05) is 19.5 Å². The van der Waals surface area contributed by atoms with Gasteiger partial charge in [0.15, 0.2) is 0 Å². The first kappa shape index (κ1) is 26.2. The van der Waals surface area contributed by atoms with Crippen LogP contribution in [0.5, 0.6) is 0 Å². The SMILES string of the molecule is CCCCCCCCCCC(=O)N(CCO)CC(O)C(O)C(O)C(O)CO. The lowest BCUT2D eigenvalue weighted by atomic mass is 10.0. The Kier molecular flexibility index (Phi) is 15.7. The minimum absolute atomic E-state index is 0.0122. The minimum Gasteiger partial charge on any atom is -0.395 e. The fraction of sp³-hybridized carbons (Fsp3) is 0.947. The Morgan fingerprint density at radius 2 is 1.33 bits per heavy atom. The zero-order chi connectivity index (χ0) is 20.7. The molecule has 0 rings (SSSR count). The molecule has 27 heavy (non-hydrogen) atoms. The Bertz CT molecular complexity index is 370. The van der Waals surface area contributed by atoms with Crippen LogP contribution in [0.4, 0.5) is 0 Å². The first-order valence-corrected chi connectivity index (χ1v) is 10.1. The molecule has 8 heteroatoms. The molecule has 0 bridgehead atoms. The average Bonchev–Trinajstić information content (AvgIpc) is 2.67. The van der Waals surface area contributed by atoms with Crippen LogP contribution >= 0.6 is 0 Å². The van der Waals surface area contributed by atoms with Gasteiger partial charge in [0.2, 0.25) is 5.91 Å². The van der Waals surface area contributed by atoms with Gasteiger partial charge in [0.25, 0.3) is 0 Å². The van der Waals surface area contributed by atoms with Crippen LogP contribution in [0.2, 0.25) is 0 Å². The molecule has 0 aliphatic carbocycles. The third-order valence-corrected chi connectivity index (χ3v) is 4.70. The highest BCUT2D eigenvalue weighted by Gasteiger charge is 2.31. The van der Waals surface area contributed by atoms with Gasteiger partial charge in [0.05, 0.1) is 13.2 Å². The van der Waals surface area contributed by atoms with E-state index in [4.69, 9.17) is 10.2 Å². The van der Waals surface area contributed by atoms with Crippen molar-refractivity contribution < 1.29 is 35.4 Å². The molecular weight excluding hydrogens is 354 g/mol. The topological polar surface area (TPSA) is 142 Å². The summed E-state index contributed by atoms with van der Waals surface area (Å²) in [5.74, 6) is -0.238. The van der Waals surface area contributed by atoms with E-state index in [1.165, 1.54) is 30.6 Å². The van der Waals surface area contributed by atoms with Crippen molar-refractivity contribution in [3.8, 4) is 0 Å². The Labute approximate surface area is 162 Å². The van der Waals surface area contributed by atoms with Crippen LogP contribution < -0.4 is 0 Å². The Morgan fingerprint density at radius 1 is 0.815 bits per heavy atom. The Morgan fingerprint density at radius 3 is 1.85 bits per heavy atom. The summed E-state index contributed by atoms with van der Waals surface area (Å²) in [6, 6.07) is 0. The zero-order valence-corrected chi connectivity index (χ0v) is 16.5. The number of hydrogen-bond acceptors (Lipinski definition) is 7. The summed E-state index contributed by atoms with van der Waals surface area (Å²) in [4.78, 5) is 13.5. The Balaban J connectivity index is 4.26. The lowest BCUT2D eigenvalue weighted by molar-refractivity contribution is -0.140. The first-order valence-electron chi connectivity index (χ1n) is 10.1. The molecular formula is C19H39NO7. The molecule has 4 unspecified atom stereocenters. The summed E-state index contributed by atoms with van der Waals surface area (Å²) in [6.45, 7) is 0.872. The maximum Gasteiger partial charge on any atom is 0.222 e. The molecule has 0 aliphatic rings. The fourth-order valence-electron chi connectivity index (χ4n) is 2.90. The van der Waals surface area contributed by atoms with E-state index >= 15 is 0 Å². The summed E-state index contributed by atoms with van der Waals surface area (Å²) in [5.41, 5.74) is 0. The number of carbonyl (C=O) groups is 1. The number of unbranched alkanes of at least 4 members (excludes halogenated alkanes) is 7. The average molecular weight is 394 g/mol. The van der Waals surface area contributed by atoms with Crippen molar-refractivity contribution in [3.05, 3.63) is 0 Å². The molecule has 0 aliphatic heterocycles. The molecule has 0 radical (unpaired) electrons. The van der Waals surface area contributed by atoms with E-state index in [2.05, 4.69) is 6.92 Å². The van der Waals surface area contributed by atoms with Crippen molar-refractivity contribution in [3.63, 3.8) is 0 Å². The molecule has 0 heterocycles. The summed E-state index contributed by atoms with van der Waals surface area (Å²) < 4.78 is 0. The van der Waals surface area contributed by atoms with Crippen molar-refractivity contribution in [1.82, 2.24) is 4.90 Å². The molecule has 0 aromatic heterocycles. The van der Waals surface area contributed by atoms with E-state index in [9.17, 15) is 25.2 Å². The smallest absolute Gasteiger partial charge is 0.222 e. The van der Waals surface area contributed by atoms with E-state index in [0.29, 0.717) is 6.42 Å². The van der Waals surface area contributed by atoms with E-state index in [1.54, 1.807) is 0 Å². The third-order valence-electron chi connectivity index (χ3n) is 4.70. The highest BCUT2D eigenvalue weighted by Crippen LogP contribution is 2.12. The second-order valence-corrected chi connectivity index (χ2v) is 7.09. The third kappa shape index (κ3) is 11.6. The monoisotopic (exact) mass is 393 g/mol. The normalized spacial score (nSPS) is 16.0. The molecule has 1 amide bonds. The van der Waals surface area contributed by atoms with Crippen molar-refractivity contribution in [2.24, 2.45) is 0 Å². The molecule has 8 nitrogen and oxygen atoms in total. The fourth-order valence-corrected chi connectivity index (χ4v) is 2.90. The molecule has 0 aromatic carbocycles. The largest absolute Gasteiger partial charge is 0.395 e. The van der Waals surface area contributed by atoms with Gasteiger partial charge in [-0.3, -0.25) is 4.79 Å². The second kappa shape index (κ2) is 16.2. The molecule has 0 saturated heterocycles. The minimum atomic E-state index is -1.73. The highest BCUT2D eigenvalue weighted by atomic mass is 16.4. The van der Waals surface area contributed by atoms with E-state index < -0.39 is 31.0 Å². The number of aliphatic hydroxyl groups excluding tert-OH is 6. The Hall–Kier alpha value is -0.770. The van der Waals surface area contributed by atoms with Crippen molar-refractivity contribution >= 4 is 5.91 Å². The van der Waals surface area contributed by atoms with Crippen LogP contribution in [0.15, 0.2) is 0 Å². The standard InChI is InChI=1S/C19H39NO7/c1-2-3-4-5-6-7-8-9-10-17(25)20(11-12-21)13-15(23)18(26)19(27)16(24)14-22/h15-16,18-19,21-24,26-27H,2-14H2,1H3. The quantitative estimate of drug-likeness (QED) is 0.188. The van der Waals surface area contributed by atoms with Crippen LogP contribution in [-0.2, 0) is 4.79 Å². The summed E-state index contributed by atoms with van der Waals surface area (Å²) in [6.07, 6.45) is 2.57. The van der Waals surface area contributed by atoms with Crippen molar-refractivity contribution in [2.45, 2.75) is 89.1 Å². The van der Waals surface area contributed by atoms with Gasteiger partial charge >= 0.3 is 0 Å². The van der Waals surface area contributed by atoms with Gasteiger partial charge in [-0.25, -0.2) is 0 Å². The van der Waals surface area contributed by atoms with Gasteiger partial charge in [0.1, 0.15) is 24.4 Å². The molecule has 0 aromatic rings. The summed E-state index contributed by atoms with van der Waals surface area (Å²) >= 11 is 0. The predicted molar refractivity (Wildman–Crippen MR) is 102 cm³/mol. The van der Waals surface area contributed by atoms with Gasteiger partial charge < -0.3 is 35.5 Å². The second-order valence-electron chi connectivity index (χ2n) is 7.09. The number of rotatable bonds is 17. The van der Waals surface area contributed by atoms with E-state index in [0.717, 1.165) is 25.7 Å². The van der Waals surface area contributed by atoms with Gasteiger partial charge in [-0.05, 0) is 6.42 Å². The van der Waals surface area contributed by atoms with Crippen LogP contribution in [0.1, 0.15) is 64.7 Å². The molecule has 6 N–H and O–H groups in total. The van der Waals surface area contributed by atoms with Gasteiger partial charge in [-0.2, -0.15) is 0 Å². The van der Waals surface area contributed by atoms with Crippen molar-refractivity contribution in [1.29, 1.82) is 0 Å². The number of hydrogen-bond donors (Lipinski definition) is 6. The van der Waals surface area contributed by atoms with Crippen LogP contribution in [0.3, 0.4) is 0 Å². The number of aliphatic hydroxyl groups is 6. The summed E-state index contributed by atoms with van der Waals surface area (Å²) in [5, 5.41) is 56.8. The van der Waals surface area contributed by atoms with E-state index in [-0.39, 0.29) is 25.6 Å². The van der Waals surface area contributed by atoms with E-state index in [1.807, 2.05) is 0 Å². The lowest BCUT2D eigenvalue weighted by Gasteiger charge is -2.30. The van der Waals surface area contributed by atoms with Crippen LogP contribution in [-0.4, -0.2) is 92.2 Å². The van der Waals surface area contributed by atoms with Crippen LogP contribution in [0.25, 0.3) is 0 Å². The lowest BCUT2D eigenvalue weighted by Crippen LogP contribution is -2.51. The maximum atomic E-state index is 12.3. The van der Waals surface area contributed by atoms with Crippen molar-refractivity contribution in [2.75, 3.05) is 26.3 Å². The van der Waals surface area contributed by atoms with Gasteiger partial charge in [-0.15, -0.1) is 0 Å². The molecule has 0 saturated carbocycles. The highest BCUT2D eigenvalue weighted by molar-refractivity contribution is 5.76. The van der Waals surface area contributed by atoms with Crippen LogP contribution in [0, 0.1) is 0 Å². The maximum absolute atomic E-state index is 12.3. The summed E-state index contributed by atoms with van der Waals surface area (Å²) in [7, 11) is 0. The zero-order valence-electron chi connectivity index (χ0n) is 16.5. The molecule has 0 spiro atoms. The molecule has 162 valence electrons. The molecule has 4 atom stereocenters.